The standard InChI is InChI=1S/C26H35Cl2N3O4S/c1-6-19(3)29-26(33)20(4)30(17-21-12-13-23(27)24(28)16-21)25(32)11-8-14-31(36(5,34)35)22-10-7-9-18(2)15-22/h7,9-10,12-13,15-16,19-20H,6,8,11,14,17H2,1-5H3,(H,29,33)/t19-,20+/m0/s1. The minimum atomic E-state index is -3.54. The third-order valence-electron chi connectivity index (χ3n) is 5.95. The van der Waals surface area contributed by atoms with Crippen LogP contribution in [0.4, 0.5) is 5.69 Å². The molecule has 0 saturated carbocycles. The molecule has 0 bridgehead atoms. The molecule has 36 heavy (non-hydrogen) atoms. The number of benzene rings is 2. The van der Waals surface area contributed by atoms with Crippen LogP contribution in [0.5, 0.6) is 0 Å². The number of nitrogens with zero attached hydrogens (tertiary/aromatic N) is 2. The molecule has 198 valence electrons. The van der Waals surface area contributed by atoms with E-state index < -0.39 is 16.1 Å². The van der Waals surface area contributed by atoms with Crippen LogP contribution in [0.25, 0.3) is 0 Å². The highest BCUT2D eigenvalue weighted by Crippen LogP contribution is 2.24. The molecule has 0 aliphatic heterocycles. The highest BCUT2D eigenvalue weighted by atomic mass is 35.5. The molecule has 0 fully saturated rings. The van der Waals surface area contributed by atoms with Gasteiger partial charge in [-0.1, -0.05) is 48.3 Å². The summed E-state index contributed by atoms with van der Waals surface area (Å²) in [5, 5.41) is 3.69. The van der Waals surface area contributed by atoms with Gasteiger partial charge in [0.15, 0.2) is 0 Å². The highest BCUT2D eigenvalue weighted by Gasteiger charge is 2.27. The molecule has 7 nitrogen and oxygen atoms in total. The van der Waals surface area contributed by atoms with Crippen molar-refractivity contribution in [3.8, 4) is 0 Å². The maximum atomic E-state index is 13.3. The zero-order valence-corrected chi connectivity index (χ0v) is 23.8. The van der Waals surface area contributed by atoms with Crippen LogP contribution >= 0.6 is 23.2 Å². The summed E-state index contributed by atoms with van der Waals surface area (Å²) in [4.78, 5) is 27.7. The Balaban J connectivity index is 2.20. The molecule has 0 spiro atoms. The van der Waals surface area contributed by atoms with Gasteiger partial charge in [-0.05, 0) is 69.0 Å². The number of anilines is 1. The Morgan fingerprint density at radius 2 is 1.75 bits per heavy atom. The molecule has 2 aromatic carbocycles. The van der Waals surface area contributed by atoms with Gasteiger partial charge in [0.2, 0.25) is 21.8 Å². The number of hydrogen-bond donors (Lipinski definition) is 1. The summed E-state index contributed by atoms with van der Waals surface area (Å²) >= 11 is 12.2. The zero-order chi connectivity index (χ0) is 27.0. The molecule has 2 amide bonds. The van der Waals surface area contributed by atoms with E-state index in [0.29, 0.717) is 15.7 Å². The van der Waals surface area contributed by atoms with E-state index in [1.807, 2.05) is 26.8 Å². The van der Waals surface area contributed by atoms with Gasteiger partial charge < -0.3 is 10.2 Å². The van der Waals surface area contributed by atoms with Gasteiger partial charge in [0.25, 0.3) is 0 Å². The average molecular weight is 557 g/mol. The third kappa shape index (κ3) is 8.68. The number of nitrogens with one attached hydrogen (secondary N) is 1. The smallest absolute Gasteiger partial charge is 0.242 e. The second kappa shape index (κ2) is 13.3. The first kappa shape index (κ1) is 29.9. The Morgan fingerprint density at radius 3 is 2.33 bits per heavy atom. The number of sulfonamides is 1. The topological polar surface area (TPSA) is 86.8 Å². The van der Waals surface area contributed by atoms with Crippen molar-refractivity contribution in [3.05, 3.63) is 63.6 Å². The van der Waals surface area contributed by atoms with Gasteiger partial charge in [0.05, 0.1) is 22.0 Å². The lowest BCUT2D eigenvalue weighted by molar-refractivity contribution is -0.140. The predicted octanol–water partition coefficient (Wildman–Crippen LogP) is 5.18. The number of hydrogen-bond acceptors (Lipinski definition) is 4. The molecular weight excluding hydrogens is 521 g/mol. The summed E-state index contributed by atoms with van der Waals surface area (Å²) in [6.07, 6.45) is 2.27. The SMILES string of the molecule is CC[C@H](C)NC(=O)[C@@H](C)N(Cc1ccc(Cl)c(Cl)c1)C(=O)CCCN(c1cccc(C)c1)S(C)(=O)=O. The summed E-state index contributed by atoms with van der Waals surface area (Å²) in [6, 6.07) is 11.5. The summed E-state index contributed by atoms with van der Waals surface area (Å²) in [5.74, 6) is -0.513. The van der Waals surface area contributed by atoms with E-state index >= 15 is 0 Å². The van der Waals surface area contributed by atoms with Crippen molar-refractivity contribution < 1.29 is 18.0 Å². The van der Waals surface area contributed by atoms with Crippen LogP contribution < -0.4 is 9.62 Å². The van der Waals surface area contributed by atoms with Crippen LogP contribution in [0.1, 0.15) is 51.2 Å². The molecular formula is C26H35Cl2N3O4S. The van der Waals surface area contributed by atoms with Crippen LogP contribution in [0, 0.1) is 6.92 Å². The summed E-state index contributed by atoms with van der Waals surface area (Å²) in [7, 11) is -3.54. The number of amides is 2. The third-order valence-corrected chi connectivity index (χ3v) is 7.88. The Morgan fingerprint density at radius 1 is 1.06 bits per heavy atom. The Kier molecular flexibility index (Phi) is 11.1. The lowest BCUT2D eigenvalue weighted by Crippen LogP contribution is -2.49. The van der Waals surface area contributed by atoms with Crippen molar-refractivity contribution in [2.24, 2.45) is 0 Å². The minimum Gasteiger partial charge on any atom is -0.352 e. The lowest BCUT2D eigenvalue weighted by atomic mass is 10.1. The van der Waals surface area contributed by atoms with Crippen LogP contribution in [-0.2, 0) is 26.2 Å². The first-order chi connectivity index (χ1) is 16.8. The first-order valence-electron chi connectivity index (χ1n) is 11.9. The van der Waals surface area contributed by atoms with E-state index in [1.165, 1.54) is 9.21 Å². The van der Waals surface area contributed by atoms with Crippen molar-refractivity contribution in [1.82, 2.24) is 10.2 Å². The summed E-state index contributed by atoms with van der Waals surface area (Å²) in [5.41, 5.74) is 2.23. The minimum absolute atomic E-state index is 0.0282. The summed E-state index contributed by atoms with van der Waals surface area (Å²) < 4.78 is 26.2. The fourth-order valence-corrected chi connectivity index (χ4v) is 4.95. The normalized spacial score (nSPS) is 13.1. The Labute approximate surface area is 224 Å². The molecule has 0 heterocycles. The largest absolute Gasteiger partial charge is 0.352 e. The average Bonchev–Trinajstić information content (AvgIpc) is 2.80. The van der Waals surface area contributed by atoms with Crippen molar-refractivity contribution in [2.45, 2.75) is 65.6 Å². The molecule has 2 atom stereocenters. The molecule has 0 aliphatic rings. The van der Waals surface area contributed by atoms with E-state index in [1.54, 1.807) is 43.3 Å². The fraction of sp³-hybridized carbons (Fsp3) is 0.462. The quantitative estimate of drug-likeness (QED) is 0.391. The van der Waals surface area contributed by atoms with Gasteiger partial charge >= 0.3 is 0 Å². The van der Waals surface area contributed by atoms with E-state index in [9.17, 15) is 18.0 Å². The monoisotopic (exact) mass is 555 g/mol. The second-order valence-electron chi connectivity index (χ2n) is 9.04. The van der Waals surface area contributed by atoms with E-state index in [2.05, 4.69) is 5.32 Å². The van der Waals surface area contributed by atoms with Crippen LogP contribution in [0.2, 0.25) is 10.0 Å². The highest BCUT2D eigenvalue weighted by molar-refractivity contribution is 7.92. The van der Waals surface area contributed by atoms with Crippen LogP contribution in [-0.4, -0.2) is 50.0 Å². The maximum Gasteiger partial charge on any atom is 0.242 e. The zero-order valence-electron chi connectivity index (χ0n) is 21.4. The van der Waals surface area contributed by atoms with Gasteiger partial charge in [0.1, 0.15) is 6.04 Å². The number of aryl methyl sites for hydroxylation is 1. The van der Waals surface area contributed by atoms with Crippen molar-refractivity contribution in [3.63, 3.8) is 0 Å². The van der Waals surface area contributed by atoms with E-state index in [-0.39, 0.29) is 43.8 Å². The number of carbonyl (C=O) groups excluding carboxylic acids is 2. The van der Waals surface area contributed by atoms with E-state index in [0.717, 1.165) is 23.8 Å². The Hall–Kier alpha value is -2.29. The van der Waals surface area contributed by atoms with Gasteiger partial charge in [-0.15, -0.1) is 0 Å². The molecule has 0 saturated heterocycles. The number of halogens is 2. The molecule has 10 heteroatoms. The molecule has 0 unspecified atom stereocenters. The molecule has 1 N–H and O–H groups in total. The number of carbonyl (C=O) groups is 2. The maximum absolute atomic E-state index is 13.3. The molecule has 2 aromatic rings. The van der Waals surface area contributed by atoms with Gasteiger partial charge in [-0.25, -0.2) is 8.42 Å². The Bertz CT molecular complexity index is 1170. The fourth-order valence-electron chi connectivity index (χ4n) is 3.67. The number of rotatable bonds is 12. The predicted molar refractivity (Wildman–Crippen MR) is 147 cm³/mol. The van der Waals surface area contributed by atoms with Gasteiger partial charge in [-0.3, -0.25) is 13.9 Å². The van der Waals surface area contributed by atoms with Crippen molar-refractivity contribution in [2.75, 3.05) is 17.1 Å². The summed E-state index contributed by atoms with van der Waals surface area (Å²) in [6.45, 7) is 7.75. The molecule has 0 aliphatic carbocycles. The second-order valence-corrected chi connectivity index (χ2v) is 11.8. The van der Waals surface area contributed by atoms with Gasteiger partial charge in [0, 0.05) is 25.6 Å². The lowest BCUT2D eigenvalue weighted by Gasteiger charge is -2.30. The first-order valence-corrected chi connectivity index (χ1v) is 14.5. The molecule has 2 rings (SSSR count). The molecule has 0 aromatic heterocycles. The van der Waals surface area contributed by atoms with Gasteiger partial charge in [-0.2, -0.15) is 0 Å². The van der Waals surface area contributed by atoms with Crippen LogP contribution in [0.3, 0.4) is 0 Å². The molecule has 0 radical (unpaired) electrons. The van der Waals surface area contributed by atoms with Crippen LogP contribution in [0.15, 0.2) is 42.5 Å². The van der Waals surface area contributed by atoms with Crippen molar-refractivity contribution in [1.29, 1.82) is 0 Å². The van der Waals surface area contributed by atoms with Crippen molar-refractivity contribution >= 4 is 50.7 Å². The van der Waals surface area contributed by atoms with E-state index in [4.69, 9.17) is 23.2 Å².